The minimum Gasteiger partial charge on any atom is -0.357 e. The highest BCUT2D eigenvalue weighted by molar-refractivity contribution is 5.82. The van der Waals surface area contributed by atoms with Crippen LogP contribution in [0.25, 0.3) is 0 Å². The number of rotatable bonds is 5. The molecule has 2 heterocycles. The van der Waals surface area contributed by atoms with Gasteiger partial charge in [-0.1, -0.05) is 19.3 Å². The lowest BCUT2D eigenvalue weighted by Gasteiger charge is -2.40. The Morgan fingerprint density at radius 1 is 1.30 bits per heavy atom. The van der Waals surface area contributed by atoms with Gasteiger partial charge in [-0.3, -0.25) is 14.6 Å². The van der Waals surface area contributed by atoms with Crippen molar-refractivity contribution in [3.05, 3.63) is 0 Å². The van der Waals surface area contributed by atoms with Crippen LogP contribution in [0.4, 0.5) is 0 Å². The third-order valence-corrected chi connectivity index (χ3v) is 6.06. The quantitative estimate of drug-likeness (QED) is 0.499. The molecule has 2 aliphatic heterocycles. The first-order chi connectivity index (χ1) is 13.1. The number of hydrogen-bond acceptors (Lipinski definition) is 3. The van der Waals surface area contributed by atoms with E-state index in [9.17, 15) is 9.59 Å². The molecule has 2 amide bonds. The van der Waals surface area contributed by atoms with E-state index in [2.05, 4.69) is 27.8 Å². The van der Waals surface area contributed by atoms with Gasteiger partial charge in [0.15, 0.2) is 5.96 Å². The molecule has 0 aromatic carbocycles. The van der Waals surface area contributed by atoms with Crippen LogP contribution >= 0.6 is 0 Å². The molecule has 0 radical (unpaired) electrons. The van der Waals surface area contributed by atoms with Crippen molar-refractivity contribution in [2.75, 3.05) is 32.7 Å². The van der Waals surface area contributed by atoms with Gasteiger partial charge in [-0.2, -0.15) is 0 Å². The predicted molar refractivity (Wildman–Crippen MR) is 106 cm³/mol. The molecule has 3 rings (SSSR count). The van der Waals surface area contributed by atoms with Gasteiger partial charge in [0.25, 0.3) is 0 Å². The molecular formula is C20H35N5O2. The molecule has 3 aliphatic rings. The first kappa shape index (κ1) is 20.0. The normalized spacial score (nSPS) is 26.9. The second-order valence-electron chi connectivity index (χ2n) is 8.37. The van der Waals surface area contributed by atoms with Crippen molar-refractivity contribution in [3.63, 3.8) is 0 Å². The number of piperidine rings is 1. The molecule has 1 spiro atoms. The van der Waals surface area contributed by atoms with Crippen molar-refractivity contribution >= 4 is 17.8 Å². The smallest absolute Gasteiger partial charge is 0.222 e. The summed E-state index contributed by atoms with van der Waals surface area (Å²) in [4.78, 5) is 30.9. The average molecular weight is 378 g/mol. The summed E-state index contributed by atoms with van der Waals surface area (Å²) in [5.74, 6) is 1.15. The van der Waals surface area contributed by atoms with Gasteiger partial charge in [0.2, 0.25) is 11.8 Å². The standard InChI is InChI=1S/C20H35N5O2/c1-2-21-19(22-11-9-17(26)24-16-7-4-3-5-8-16)25-12-6-10-20(15-25)13-18(27)23-14-20/h16H,2-15H2,1H3,(H,21,22)(H,23,27)(H,24,26). The molecule has 0 bridgehead atoms. The van der Waals surface area contributed by atoms with Gasteiger partial charge in [0.05, 0.1) is 6.54 Å². The maximum absolute atomic E-state index is 12.2. The van der Waals surface area contributed by atoms with Gasteiger partial charge in [0.1, 0.15) is 0 Å². The maximum Gasteiger partial charge on any atom is 0.222 e. The Morgan fingerprint density at radius 2 is 2.11 bits per heavy atom. The zero-order valence-electron chi connectivity index (χ0n) is 16.7. The zero-order chi connectivity index (χ0) is 19.1. The summed E-state index contributed by atoms with van der Waals surface area (Å²) in [6, 6.07) is 0.359. The first-order valence-corrected chi connectivity index (χ1v) is 10.7. The molecule has 27 heavy (non-hydrogen) atoms. The Morgan fingerprint density at radius 3 is 2.81 bits per heavy atom. The van der Waals surface area contributed by atoms with Crippen molar-refractivity contribution in [1.82, 2.24) is 20.9 Å². The van der Waals surface area contributed by atoms with E-state index in [-0.39, 0.29) is 17.2 Å². The second kappa shape index (κ2) is 9.42. The Bertz CT molecular complexity index is 559. The second-order valence-corrected chi connectivity index (χ2v) is 8.37. The third kappa shape index (κ3) is 5.59. The fraction of sp³-hybridized carbons (Fsp3) is 0.850. The summed E-state index contributed by atoms with van der Waals surface area (Å²) in [6.07, 6.45) is 9.18. The molecule has 3 fully saturated rings. The van der Waals surface area contributed by atoms with Crippen molar-refractivity contribution in [1.29, 1.82) is 0 Å². The lowest BCUT2D eigenvalue weighted by molar-refractivity contribution is -0.122. The Hall–Kier alpha value is -1.79. The lowest BCUT2D eigenvalue weighted by atomic mass is 9.79. The molecule has 0 aromatic rings. The molecule has 0 aromatic heterocycles. The van der Waals surface area contributed by atoms with E-state index in [0.717, 1.165) is 57.8 Å². The molecule has 7 heteroatoms. The molecule has 1 saturated carbocycles. The van der Waals surface area contributed by atoms with E-state index in [1.807, 2.05) is 0 Å². The molecule has 1 unspecified atom stereocenters. The van der Waals surface area contributed by atoms with Crippen molar-refractivity contribution in [2.45, 2.75) is 70.8 Å². The number of hydrogen-bond donors (Lipinski definition) is 3. The molecule has 2 saturated heterocycles. The van der Waals surface area contributed by atoms with Crippen LogP contribution in [0.1, 0.15) is 64.7 Å². The summed E-state index contributed by atoms with van der Waals surface area (Å²) in [7, 11) is 0. The molecule has 1 atom stereocenters. The number of aliphatic imine (C=N–C) groups is 1. The van der Waals surface area contributed by atoms with Crippen LogP contribution in [0.2, 0.25) is 0 Å². The van der Waals surface area contributed by atoms with Crippen LogP contribution in [0, 0.1) is 5.41 Å². The number of nitrogens with one attached hydrogen (secondary N) is 3. The fourth-order valence-corrected chi connectivity index (χ4v) is 4.66. The average Bonchev–Trinajstić information content (AvgIpc) is 3.01. The Labute approximate surface area is 162 Å². The van der Waals surface area contributed by atoms with Gasteiger partial charge in [-0.05, 0) is 32.6 Å². The highest BCUT2D eigenvalue weighted by Gasteiger charge is 2.42. The summed E-state index contributed by atoms with van der Waals surface area (Å²) >= 11 is 0. The lowest BCUT2D eigenvalue weighted by Crippen LogP contribution is -2.51. The number of guanidine groups is 1. The Balaban J connectivity index is 1.51. The summed E-state index contributed by atoms with van der Waals surface area (Å²) < 4.78 is 0. The molecule has 152 valence electrons. The van der Waals surface area contributed by atoms with Gasteiger partial charge >= 0.3 is 0 Å². The van der Waals surface area contributed by atoms with Crippen molar-refractivity contribution < 1.29 is 9.59 Å². The van der Waals surface area contributed by atoms with Gasteiger partial charge in [0, 0.05) is 50.5 Å². The molecule has 1 aliphatic carbocycles. The highest BCUT2D eigenvalue weighted by Crippen LogP contribution is 2.36. The number of carbonyl (C=O) groups is 2. The summed E-state index contributed by atoms with van der Waals surface area (Å²) in [6.45, 7) is 5.94. The van der Waals surface area contributed by atoms with Gasteiger partial charge in [-0.15, -0.1) is 0 Å². The van der Waals surface area contributed by atoms with E-state index in [1.54, 1.807) is 0 Å². The zero-order valence-corrected chi connectivity index (χ0v) is 16.7. The van der Waals surface area contributed by atoms with Gasteiger partial charge in [-0.25, -0.2) is 0 Å². The number of carbonyl (C=O) groups excluding carboxylic acids is 2. The van der Waals surface area contributed by atoms with Crippen LogP contribution in [-0.4, -0.2) is 61.4 Å². The predicted octanol–water partition coefficient (Wildman–Crippen LogP) is 1.39. The van der Waals surface area contributed by atoms with Crippen LogP contribution in [0.5, 0.6) is 0 Å². The van der Waals surface area contributed by atoms with Crippen LogP contribution in [0.15, 0.2) is 4.99 Å². The maximum atomic E-state index is 12.2. The van der Waals surface area contributed by atoms with E-state index < -0.39 is 0 Å². The minimum absolute atomic E-state index is 0.0455. The number of nitrogens with zero attached hydrogens (tertiary/aromatic N) is 2. The van der Waals surface area contributed by atoms with Crippen LogP contribution in [-0.2, 0) is 9.59 Å². The van der Waals surface area contributed by atoms with E-state index in [1.165, 1.54) is 19.3 Å². The van der Waals surface area contributed by atoms with Crippen molar-refractivity contribution in [2.24, 2.45) is 10.4 Å². The summed E-state index contributed by atoms with van der Waals surface area (Å²) in [5, 5.41) is 9.51. The molecule has 3 N–H and O–H groups in total. The van der Waals surface area contributed by atoms with Crippen molar-refractivity contribution in [3.8, 4) is 0 Å². The fourth-order valence-electron chi connectivity index (χ4n) is 4.66. The highest BCUT2D eigenvalue weighted by atomic mass is 16.2. The first-order valence-electron chi connectivity index (χ1n) is 10.7. The molecular weight excluding hydrogens is 342 g/mol. The monoisotopic (exact) mass is 377 g/mol. The Kier molecular flexibility index (Phi) is 6.96. The van der Waals surface area contributed by atoms with Crippen LogP contribution in [0.3, 0.4) is 0 Å². The number of amides is 2. The summed E-state index contributed by atoms with van der Waals surface area (Å²) in [5.41, 5.74) is 0.0455. The van der Waals surface area contributed by atoms with E-state index in [4.69, 9.17) is 4.99 Å². The van der Waals surface area contributed by atoms with E-state index >= 15 is 0 Å². The number of likely N-dealkylation sites (tertiary alicyclic amines) is 1. The van der Waals surface area contributed by atoms with E-state index in [0.29, 0.717) is 25.4 Å². The van der Waals surface area contributed by atoms with Crippen LogP contribution < -0.4 is 16.0 Å². The topological polar surface area (TPSA) is 85.8 Å². The largest absolute Gasteiger partial charge is 0.357 e. The SMILES string of the molecule is CCNC(=NCCC(=O)NC1CCCCC1)N1CCCC2(CNC(=O)C2)C1. The third-order valence-electron chi connectivity index (χ3n) is 6.06. The molecule has 7 nitrogen and oxygen atoms in total. The van der Waals surface area contributed by atoms with Gasteiger partial charge < -0.3 is 20.9 Å². The minimum atomic E-state index is 0.0455.